The normalized spacial score (nSPS) is 24.1. The smallest absolute Gasteiger partial charge is 0.282 e. The van der Waals surface area contributed by atoms with Crippen LogP contribution in [-0.4, -0.2) is 18.0 Å². The number of aryl methyl sites for hydroxylation is 1. The van der Waals surface area contributed by atoms with Crippen molar-refractivity contribution in [3.05, 3.63) is 29.8 Å². The summed E-state index contributed by atoms with van der Waals surface area (Å²) in [5.74, 6) is 0.825. The standard InChI is InChI=1S/C17H26N2O/c1-12-7-6-9-15(11-12)19-17(20)14(3)18-16-10-5-4-8-13(16)2/h6-7,9,11,13-14,16,18H,4-5,8,10H2,1-3H3,(H,19,20)/p+1/t13-,14+,16-/m0/s1. The molecule has 1 aromatic carbocycles. The van der Waals surface area contributed by atoms with Crippen LogP contribution in [0.3, 0.4) is 0 Å². The molecule has 3 N–H and O–H groups in total. The van der Waals surface area contributed by atoms with Crippen molar-refractivity contribution in [3.63, 3.8) is 0 Å². The Labute approximate surface area is 122 Å². The fourth-order valence-electron chi connectivity index (χ4n) is 3.07. The van der Waals surface area contributed by atoms with Gasteiger partial charge in [-0.3, -0.25) is 4.79 Å². The fraction of sp³-hybridized carbons (Fsp3) is 0.588. The Morgan fingerprint density at radius 3 is 2.80 bits per heavy atom. The van der Waals surface area contributed by atoms with Crippen molar-refractivity contribution < 1.29 is 10.1 Å². The van der Waals surface area contributed by atoms with Crippen molar-refractivity contribution in [2.24, 2.45) is 5.92 Å². The van der Waals surface area contributed by atoms with Crippen LogP contribution in [0.1, 0.15) is 45.1 Å². The van der Waals surface area contributed by atoms with Crippen LogP contribution in [0.4, 0.5) is 5.69 Å². The number of benzene rings is 1. The Morgan fingerprint density at radius 2 is 2.10 bits per heavy atom. The first-order valence-corrected chi connectivity index (χ1v) is 7.79. The molecular weight excluding hydrogens is 248 g/mol. The lowest BCUT2D eigenvalue weighted by atomic mass is 9.85. The highest BCUT2D eigenvalue weighted by molar-refractivity contribution is 5.93. The molecule has 0 bridgehead atoms. The number of nitrogens with one attached hydrogen (secondary N) is 1. The molecule has 3 nitrogen and oxygen atoms in total. The Morgan fingerprint density at radius 1 is 1.35 bits per heavy atom. The largest absolute Gasteiger partial charge is 0.334 e. The van der Waals surface area contributed by atoms with E-state index in [9.17, 15) is 4.79 Å². The minimum Gasteiger partial charge on any atom is -0.334 e. The predicted octanol–water partition coefficient (Wildman–Crippen LogP) is 2.46. The van der Waals surface area contributed by atoms with E-state index in [-0.39, 0.29) is 11.9 Å². The molecule has 2 rings (SSSR count). The number of amides is 1. The van der Waals surface area contributed by atoms with Gasteiger partial charge in [-0.05, 0) is 50.8 Å². The van der Waals surface area contributed by atoms with E-state index in [0.29, 0.717) is 6.04 Å². The molecule has 110 valence electrons. The molecule has 0 aromatic heterocycles. The average molecular weight is 275 g/mol. The van der Waals surface area contributed by atoms with E-state index in [4.69, 9.17) is 0 Å². The molecule has 1 aliphatic rings. The summed E-state index contributed by atoms with van der Waals surface area (Å²) in [6, 6.07) is 8.54. The van der Waals surface area contributed by atoms with Crippen LogP contribution < -0.4 is 10.6 Å². The van der Waals surface area contributed by atoms with Gasteiger partial charge in [0, 0.05) is 11.6 Å². The van der Waals surface area contributed by atoms with Gasteiger partial charge in [-0.15, -0.1) is 0 Å². The highest BCUT2D eigenvalue weighted by Crippen LogP contribution is 2.21. The zero-order valence-electron chi connectivity index (χ0n) is 12.9. The minimum atomic E-state index is -0.0268. The second kappa shape index (κ2) is 6.89. The molecule has 1 saturated carbocycles. The van der Waals surface area contributed by atoms with Crippen LogP contribution in [0.25, 0.3) is 0 Å². The summed E-state index contributed by atoms with van der Waals surface area (Å²) < 4.78 is 0. The van der Waals surface area contributed by atoms with Crippen LogP contribution in [-0.2, 0) is 4.79 Å². The summed E-state index contributed by atoms with van der Waals surface area (Å²) in [5, 5.41) is 5.28. The maximum absolute atomic E-state index is 12.3. The molecule has 3 heteroatoms. The molecule has 1 fully saturated rings. The van der Waals surface area contributed by atoms with Crippen molar-refractivity contribution in [2.45, 2.75) is 58.5 Å². The minimum absolute atomic E-state index is 0.0268. The van der Waals surface area contributed by atoms with E-state index < -0.39 is 0 Å². The van der Waals surface area contributed by atoms with E-state index >= 15 is 0 Å². The zero-order valence-corrected chi connectivity index (χ0v) is 12.9. The Balaban J connectivity index is 1.88. The van der Waals surface area contributed by atoms with E-state index in [2.05, 4.69) is 17.6 Å². The van der Waals surface area contributed by atoms with Gasteiger partial charge in [-0.25, -0.2) is 0 Å². The molecule has 3 atom stereocenters. The van der Waals surface area contributed by atoms with Gasteiger partial charge in [0.1, 0.15) is 0 Å². The molecule has 0 unspecified atom stereocenters. The summed E-state index contributed by atoms with van der Waals surface area (Å²) in [6.07, 6.45) is 5.18. The molecular formula is C17H27N2O+. The molecule has 0 saturated heterocycles. The Kier molecular flexibility index (Phi) is 5.18. The van der Waals surface area contributed by atoms with E-state index in [1.165, 1.54) is 31.2 Å². The van der Waals surface area contributed by atoms with Gasteiger partial charge in [0.15, 0.2) is 6.04 Å². The quantitative estimate of drug-likeness (QED) is 0.871. The zero-order chi connectivity index (χ0) is 14.5. The third-order valence-electron chi connectivity index (χ3n) is 4.41. The van der Waals surface area contributed by atoms with Gasteiger partial charge in [0.05, 0.1) is 6.04 Å². The van der Waals surface area contributed by atoms with Crippen LogP contribution >= 0.6 is 0 Å². The average Bonchev–Trinajstić information content (AvgIpc) is 2.41. The van der Waals surface area contributed by atoms with Gasteiger partial charge >= 0.3 is 0 Å². The molecule has 0 heterocycles. The number of anilines is 1. The lowest BCUT2D eigenvalue weighted by Crippen LogP contribution is -2.97. The molecule has 20 heavy (non-hydrogen) atoms. The maximum atomic E-state index is 12.3. The van der Waals surface area contributed by atoms with Crippen molar-refractivity contribution in [3.8, 4) is 0 Å². The third kappa shape index (κ3) is 4.07. The first-order valence-electron chi connectivity index (χ1n) is 7.79. The fourth-order valence-corrected chi connectivity index (χ4v) is 3.07. The molecule has 0 aliphatic heterocycles. The van der Waals surface area contributed by atoms with E-state index in [1.807, 2.05) is 38.1 Å². The number of hydrogen-bond acceptors (Lipinski definition) is 1. The highest BCUT2D eigenvalue weighted by atomic mass is 16.2. The number of carbonyl (C=O) groups excluding carboxylic acids is 1. The lowest BCUT2D eigenvalue weighted by Gasteiger charge is -2.28. The van der Waals surface area contributed by atoms with Crippen molar-refractivity contribution >= 4 is 11.6 Å². The van der Waals surface area contributed by atoms with E-state index in [1.54, 1.807) is 0 Å². The predicted molar refractivity (Wildman–Crippen MR) is 82.6 cm³/mol. The number of nitrogens with two attached hydrogens (primary N) is 1. The lowest BCUT2D eigenvalue weighted by molar-refractivity contribution is -0.714. The van der Waals surface area contributed by atoms with Crippen LogP contribution in [0, 0.1) is 12.8 Å². The van der Waals surface area contributed by atoms with Crippen LogP contribution in [0.5, 0.6) is 0 Å². The summed E-state index contributed by atoms with van der Waals surface area (Å²) in [5.41, 5.74) is 2.06. The Bertz CT molecular complexity index is 458. The second-order valence-electron chi connectivity index (χ2n) is 6.27. The number of quaternary nitrogens is 1. The van der Waals surface area contributed by atoms with Crippen molar-refractivity contribution in [1.82, 2.24) is 0 Å². The summed E-state index contributed by atoms with van der Waals surface area (Å²) >= 11 is 0. The molecule has 1 amide bonds. The van der Waals surface area contributed by atoms with Gasteiger partial charge in [-0.2, -0.15) is 0 Å². The number of rotatable bonds is 4. The van der Waals surface area contributed by atoms with Crippen molar-refractivity contribution in [2.75, 3.05) is 5.32 Å². The first kappa shape index (κ1) is 15.0. The molecule has 0 radical (unpaired) electrons. The van der Waals surface area contributed by atoms with Crippen molar-refractivity contribution in [1.29, 1.82) is 0 Å². The summed E-state index contributed by atoms with van der Waals surface area (Å²) in [6.45, 7) is 6.35. The topological polar surface area (TPSA) is 45.7 Å². The van der Waals surface area contributed by atoms with Gasteiger partial charge < -0.3 is 10.6 Å². The highest BCUT2D eigenvalue weighted by Gasteiger charge is 2.28. The van der Waals surface area contributed by atoms with E-state index in [0.717, 1.165) is 11.6 Å². The Hall–Kier alpha value is -1.35. The molecule has 1 aliphatic carbocycles. The molecule has 1 aromatic rings. The second-order valence-corrected chi connectivity index (χ2v) is 6.27. The number of hydrogen-bond donors (Lipinski definition) is 2. The molecule has 0 spiro atoms. The SMILES string of the molecule is Cc1cccc(NC(=O)[C@@H](C)[NH2+][C@H]2CCCC[C@@H]2C)c1. The van der Waals surface area contributed by atoms with Gasteiger partial charge in [0.2, 0.25) is 0 Å². The monoisotopic (exact) mass is 275 g/mol. The van der Waals surface area contributed by atoms with Crippen LogP contribution in [0.15, 0.2) is 24.3 Å². The van der Waals surface area contributed by atoms with Gasteiger partial charge in [-0.1, -0.05) is 25.5 Å². The third-order valence-corrected chi connectivity index (χ3v) is 4.41. The maximum Gasteiger partial charge on any atom is 0.282 e. The van der Waals surface area contributed by atoms with Crippen LogP contribution in [0.2, 0.25) is 0 Å². The summed E-state index contributed by atoms with van der Waals surface area (Å²) in [4.78, 5) is 12.3. The number of carbonyl (C=O) groups is 1. The summed E-state index contributed by atoms with van der Waals surface area (Å²) in [7, 11) is 0. The first-order chi connectivity index (χ1) is 9.56. The van der Waals surface area contributed by atoms with Gasteiger partial charge in [0.25, 0.3) is 5.91 Å².